The van der Waals surface area contributed by atoms with Gasteiger partial charge in [-0.15, -0.1) is 0 Å². The van der Waals surface area contributed by atoms with Crippen LogP contribution in [0.5, 0.6) is 0 Å². The molecule has 0 amide bonds. The van der Waals surface area contributed by atoms with Crippen LogP contribution in [0.3, 0.4) is 0 Å². The smallest absolute Gasteiger partial charge is 0.194 e. The molecule has 1 aliphatic rings. The van der Waals surface area contributed by atoms with Crippen LogP contribution in [0, 0.1) is 13.8 Å². The molecule has 162 valence electrons. The summed E-state index contributed by atoms with van der Waals surface area (Å²) in [5.74, 6) is 1.95. The Morgan fingerprint density at radius 2 is 1.77 bits per heavy atom. The third-order valence-electron chi connectivity index (χ3n) is 6.11. The van der Waals surface area contributed by atoms with Crippen molar-refractivity contribution in [3.8, 4) is 0 Å². The van der Waals surface area contributed by atoms with Crippen molar-refractivity contribution < 1.29 is 0 Å². The fourth-order valence-corrected chi connectivity index (χ4v) is 4.16. The van der Waals surface area contributed by atoms with E-state index < -0.39 is 0 Å². The first-order valence-corrected chi connectivity index (χ1v) is 11.0. The standard InChI is InChI=1S/C25H32N6/c1-20-8-7-11-23(21(20)2)29-14-16-30(17-15-29)25(26-3)28-18-24-27-12-13-31(24)19-22-9-5-4-6-10-22/h4-13H,14-19H2,1-3H3,(H,26,28). The van der Waals surface area contributed by atoms with Crippen molar-refractivity contribution in [2.45, 2.75) is 26.9 Å². The molecule has 2 heterocycles. The monoisotopic (exact) mass is 416 g/mol. The number of piperazine rings is 1. The first-order valence-electron chi connectivity index (χ1n) is 11.0. The molecule has 6 nitrogen and oxygen atoms in total. The van der Waals surface area contributed by atoms with Gasteiger partial charge >= 0.3 is 0 Å². The minimum absolute atomic E-state index is 0.656. The minimum atomic E-state index is 0.656. The highest BCUT2D eigenvalue weighted by Crippen LogP contribution is 2.23. The van der Waals surface area contributed by atoms with Gasteiger partial charge in [0.1, 0.15) is 5.82 Å². The lowest BCUT2D eigenvalue weighted by atomic mass is 10.1. The molecule has 31 heavy (non-hydrogen) atoms. The third-order valence-corrected chi connectivity index (χ3v) is 6.11. The lowest BCUT2D eigenvalue weighted by molar-refractivity contribution is 0.371. The summed E-state index contributed by atoms with van der Waals surface area (Å²) < 4.78 is 2.19. The van der Waals surface area contributed by atoms with E-state index in [0.717, 1.165) is 44.5 Å². The summed E-state index contributed by atoms with van der Waals surface area (Å²) in [5.41, 5.74) is 5.35. The van der Waals surface area contributed by atoms with E-state index in [4.69, 9.17) is 0 Å². The molecule has 0 aliphatic carbocycles. The summed E-state index contributed by atoms with van der Waals surface area (Å²) in [6.07, 6.45) is 3.90. The zero-order chi connectivity index (χ0) is 21.6. The number of nitrogens with zero attached hydrogens (tertiary/aromatic N) is 5. The Morgan fingerprint density at radius 1 is 1.00 bits per heavy atom. The quantitative estimate of drug-likeness (QED) is 0.511. The summed E-state index contributed by atoms with van der Waals surface area (Å²) in [4.78, 5) is 13.9. The van der Waals surface area contributed by atoms with Gasteiger partial charge in [0.15, 0.2) is 5.96 Å². The fourth-order valence-electron chi connectivity index (χ4n) is 4.16. The Hall–Kier alpha value is -3.28. The largest absolute Gasteiger partial charge is 0.368 e. The van der Waals surface area contributed by atoms with Gasteiger partial charge in [-0.1, -0.05) is 42.5 Å². The fraction of sp³-hybridized carbons (Fsp3) is 0.360. The number of guanidine groups is 1. The number of benzene rings is 2. The van der Waals surface area contributed by atoms with Gasteiger partial charge < -0.3 is 19.7 Å². The van der Waals surface area contributed by atoms with Crippen molar-refractivity contribution >= 4 is 11.6 Å². The molecular weight excluding hydrogens is 384 g/mol. The van der Waals surface area contributed by atoms with Gasteiger partial charge in [0, 0.05) is 57.9 Å². The normalized spacial score (nSPS) is 14.7. The van der Waals surface area contributed by atoms with Crippen molar-refractivity contribution in [3.05, 3.63) is 83.4 Å². The van der Waals surface area contributed by atoms with Gasteiger partial charge in [-0.3, -0.25) is 4.99 Å². The maximum atomic E-state index is 4.55. The lowest BCUT2D eigenvalue weighted by Crippen LogP contribution is -2.52. The van der Waals surface area contributed by atoms with Crippen LogP contribution in [0.25, 0.3) is 0 Å². The maximum Gasteiger partial charge on any atom is 0.194 e. The van der Waals surface area contributed by atoms with Crippen molar-refractivity contribution in [2.24, 2.45) is 4.99 Å². The molecule has 1 saturated heterocycles. The van der Waals surface area contributed by atoms with Crippen LogP contribution in [-0.4, -0.2) is 53.6 Å². The van der Waals surface area contributed by atoms with Crippen molar-refractivity contribution in [2.75, 3.05) is 38.1 Å². The predicted octanol–water partition coefficient (Wildman–Crippen LogP) is 3.45. The predicted molar refractivity (Wildman–Crippen MR) is 128 cm³/mol. The zero-order valence-corrected chi connectivity index (χ0v) is 18.8. The zero-order valence-electron chi connectivity index (χ0n) is 18.8. The van der Waals surface area contributed by atoms with E-state index in [9.17, 15) is 0 Å². The molecule has 0 unspecified atom stereocenters. The van der Waals surface area contributed by atoms with Crippen molar-refractivity contribution in [1.29, 1.82) is 0 Å². The molecule has 1 N–H and O–H groups in total. The second-order valence-electron chi connectivity index (χ2n) is 8.05. The Morgan fingerprint density at radius 3 is 2.52 bits per heavy atom. The van der Waals surface area contributed by atoms with Crippen molar-refractivity contribution in [1.82, 2.24) is 19.8 Å². The molecule has 1 aromatic heterocycles. The van der Waals surface area contributed by atoms with Crippen LogP contribution in [0.15, 0.2) is 65.9 Å². The molecule has 0 radical (unpaired) electrons. The van der Waals surface area contributed by atoms with Crippen LogP contribution in [0.1, 0.15) is 22.5 Å². The Bertz CT molecular complexity index is 1020. The van der Waals surface area contributed by atoms with E-state index in [2.05, 4.69) is 86.0 Å². The number of aromatic nitrogens is 2. The number of hydrogen-bond donors (Lipinski definition) is 1. The van der Waals surface area contributed by atoms with Gasteiger partial charge in [-0.2, -0.15) is 0 Å². The average molecular weight is 417 g/mol. The van der Waals surface area contributed by atoms with Crippen LogP contribution in [0.4, 0.5) is 5.69 Å². The van der Waals surface area contributed by atoms with Crippen LogP contribution in [0.2, 0.25) is 0 Å². The number of aryl methyl sites for hydroxylation is 1. The second-order valence-corrected chi connectivity index (χ2v) is 8.05. The molecule has 6 heteroatoms. The highest BCUT2D eigenvalue weighted by Gasteiger charge is 2.21. The molecular formula is C25H32N6. The highest BCUT2D eigenvalue weighted by molar-refractivity contribution is 5.80. The van der Waals surface area contributed by atoms with Crippen LogP contribution >= 0.6 is 0 Å². The van der Waals surface area contributed by atoms with Gasteiger partial charge in [-0.05, 0) is 36.6 Å². The summed E-state index contributed by atoms with van der Waals surface area (Å²) in [6, 6.07) is 17.1. The van der Waals surface area contributed by atoms with E-state index in [1.807, 2.05) is 25.5 Å². The number of anilines is 1. The van der Waals surface area contributed by atoms with E-state index >= 15 is 0 Å². The molecule has 0 bridgehead atoms. The molecule has 1 fully saturated rings. The first-order chi connectivity index (χ1) is 15.2. The maximum absolute atomic E-state index is 4.55. The second kappa shape index (κ2) is 9.69. The summed E-state index contributed by atoms with van der Waals surface area (Å²) in [6.45, 7) is 9.77. The Labute approximate surface area is 185 Å². The number of nitrogens with one attached hydrogen (secondary N) is 1. The summed E-state index contributed by atoms with van der Waals surface area (Å²) in [5, 5.41) is 3.52. The van der Waals surface area contributed by atoms with Gasteiger partial charge in [0.25, 0.3) is 0 Å². The first kappa shape index (κ1) is 21.0. The molecule has 0 atom stereocenters. The number of rotatable bonds is 5. The third kappa shape index (κ3) is 4.90. The molecule has 3 aromatic rings. The van der Waals surface area contributed by atoms with Crippen molar-refractivity contribution in [3.63, 3.8) is 0 Å². The Kier molecular flexibility index (Phi) is 6.55. The Balaban J connectivity index is 1.34. The summed E-state index contributed by atoms with van der Waals surface area (Å²) >= 11 is 0. The van der Waals surface area contributed by atoms with E-state index in [1.54, 1.807) is 0 Å². The van der Waals surface area contributed by atoms with Gasteiger partial charge in [-0.25, -0.2) is 4.98 Å². The SMILES string of the molecule is CN=C(NCc1nccn1Cc1ccccc1)N1CCN(c2cccc(C)c2C)CC1. The van der Waals surface area contributed by atoms with Crippen LogP contribution < -0.4 is 10.2 Å². The number of aliphatic imine (C=N–C) groups is 1. The molecule has 0 saturated carbocycles. The lowest BCUT2D eigenvalue weighted by Gasteiger charge is -2.38. The minimum Gasteiger partial charge on any atom is -0.368 e. The topological polar surface area (TPSA) is 48.7 Å². The molecule has 1 aliphatic heterocycles. The molecule has 2 aromatic carbocycles. The highest BCUT2D eigenvalue weighted by atomic mass is 15.3. The molecule has 0 spiro atoms. The van der Waals surface area contributed by atoms with E-state index in [-0.39, 0.29) is 0 Å². The summed E-state index contributed by atoms with van der Waals surface area (Å²) in [7, 11) is 1.86. The average Bonchev–Trinajstić information content (AvgIpc) is 3.24. The van der Waals surface area contributed by atoms with Crippen LogP contribution in [-0.2, 0) is 13.1 Å². The van der Waals surface area contributed by atoms with E-state index in [0.29, 0.717) is 6.54 Å². The van der Waals surface area contributed by atoms with Gasteiger partial charge in [0.2, 0.25) is 0 Å². The van der Waals surface area contributed by atoms with Gasteiger partial charge in [0.05, 0.1) is 6.54 Å². The number of hydrogen-bond acceptors (Lipinski definition) is 3. The molecule has 4 rings (SSSR count). The number of imidazole rings is 1. The van der Waals surface area contributed by atoms with E-state index in [1.165, 1.54) is 22.4 Å².